The first-order valence-corrected chi connectivity index (χ1v) is 9.37. The van der Waals surface area contributed by atoms with Gasteiger partial charge in [-0.05, 0) is 29.8 Å². The molecule has 27 heavy (non-hydrogen) atoms. The van der Waals surface area contributed by atoms with Crippen molar-refractivity contribution in [2.24, 2.45) is 0 Å². The lowest BCUT2D eigenvalue weighted by Gasteiger charge is -2.12. The summed E-state index contributed by atoms with van der Waals surface area (Å²) in [5.74, 6) is -2.39. The lowest BCUT2D eigenvalue weighted by atomic mass is 10.0. The Hall–Kier alpha value is -3.19. The van der Waals surface area contributed by atoms with Crippen LogP contribution >= 0.6 is 0 Å². The van der Waals surface area contributed by atoms with E-state index in [0.29, 0.717) is 12.0 Å². The number of carboxylic acid groups (broad SMARTS) is 1. The molecule has 0 spiro atoms. The number of aromatic carboxylic acids is 1. The summed E-state index contributed by atoms with van der Waals surface area (Å²) >= 11 is 0. The average molecular weight is 386 g/mol. The van der Waals surface area contributed by atoms with Crippen LogP contribution in [0.15, 0.2) is 77.7 Å². The quantitative estimate of drug-likeness (QED) is 0.650. The number of carbonyl (C=O) groups is 1. The van der Waals surface area contributed by atoms with Crippen molar-refractivity contribution < 1.29 is 26.9 Å². The van der Waals surface area contributed by atoms with Crippen LogP contribution in [-0.2, 0) is 16.5 Å². The lowest BCUT2D eigenvalue weighted by Crippen LogP contribution is -2.14. The predicted octanol–water partition coefficient (Wildman–Crippen LogP) is 3.88. The Labute approximate surface area is 155 Å². The Morgan fingerprint density at radius 2 is 1.63 bits per heavy atom. The number of benzene rings is 3. The Bertz CT molecular complexity index is 1080. The Morgan fingerprint density at radius 3 is 2.33 bits per heavy atom. The van der Waals surface area contributed by atoms with Crippen LogP contribution in [0, 0.1) is 5.82 Å². The van der Waals surface area contributed by atoms with E-state index in [2.05, 4.69) is 0 Å². The molecule has 0 atom stereocenters. The second-order valence-electron chi connectivity index (χ2n) is 5.76. The Morgan fingerprint density at radius 1 is 0.963 bits per heavy atom. The first-order valence-electron chi connectivity index (χ1n) is 7.96. The van der Waals surface area contributed by atoms with Gasteiger partial charge in [0.25, 0.3) is 0 Å². The molecule has 1 N–H and O–H groups in total. The average Bonchev–Trinajstić information content (AvgIpc) is 2.64. The fraction of sp³-hybridized carbons (Fsp3) is 0.0500. The lowest BCUT2D eigenvalue weighted by molar-refractivity contribution is 0.0696. The molecule has 0 amide bonds. The van der Waals surface area contributed by atoms with E-state index in [0.717, 1.165) is 23.8 Å². The van der Waals surface area contributed by atoms with Gasteiger partial charge < -0.3 is 9.29 Å². The highest BCUT2D eigenvalue weighted by molar-refractivity contribution is 7.87. The van der Waals surface area contributed by atoms with Gasteiger partial charge in [-0.1, -0.05) is 48.5 Å². The minimum absolute atomic E-state index is 0.0569. The summed E-state index contributed by atoms with van der Waals surface area (Å²) in [5.41, 5.74) is 1.20. The zero-order valence-electron chi connectivity index (χ0n) is 14.0. The van der Waals surface area contributed by atoms with E-state index in [-0.39, 0.29) is 11.3 Å². The molecule has 0 aromatic heterocycles. The van der Waals surface area contributed by atoms with Crippen LogP contribution in [-0.4, -0.2) is 19.5 Å². The van der Waals surface area contributed by atoms with Crippen molar-refractivity contribution in [1.82, 2.24) is 0 Å². The summed E-state index contributed by atoms with van der Waals surface area (Å²) < 4.78 is 44.3. The standard InChI is InChI=1S/C20H15FO5S/c21-17-11-10-16(20(22)23)13-19(17)27(24,25)26-18-9-5-4-8-15(18)12-14-6-2-1-3-7-14/h1-11,13H,12H2,(H,22,23). The molecule has 0 aliphatic rings. The van der Waals surface area contributed by atoms with Crippen molar-refractivity contribution in [2.75, 3.05) is 0 Å². The van der Waals surface area contributed by atoms with Crippen LogP contribution in [0.3, 0.4) is 0 Å². The maximum Gasteiger partial charge on any atom is 0.342 e. The van der Waals surface area contributed by atoms with Crippen molar-refractivity contribution >= 4 is 16.1 Å². The predicted molar refractivity (Wildman–Crippen MR) is 96.9 cm³/mol. The van der Waals surface area contributed by atoms with Crippen LogP contribution in [0.1, 0.15) is 21.5 Å². The van der Waals surface area contributed by atoms with E-state index in [9.17, 15) is 17.6 Å². The third-order valence-corrected chi connectivity index (χ3v) is 5.11. The smallest absolute Gasteiger partial charge is 0.342 e. The van der Waals surface area contributed by atoms with Crippen molar-refractivity contribution in [3.8, 4) is 5.75 Å². The third-order valence-electron chi connectivity index (χ3n) is 3.86. The molecule has 0 fully saturated rings. The van der Waals surface area contributed by atoms with Crippen molar-refractivity contribution in [1.29, 1.82) is 0 Å². The monoisotopic (exact) mass is 386 g/mol. The van der Waals surface area contributed by atoms with E-state index in [1.165, 1.54) is 6.07 Å². The molecule has 0 aliphatic carbocycles. The van der Waals surface area contributed by atoms with Crippen LogP contribution in [0.4, 0.5) is 4.39 Å². The van der Waals surface area contributed by atoms with E-state index >= 15 is 0 Å². The molecule has 0 bridgehead atoms. The summed E-state index contributed by atoms with van der Waals surface area (Å²) in [6.45, 7) is 0. The molecule has 0 aliphatic heterocycles. The molecule has 7 heteroatoms. The first-order chi connectivity index (χ1) is 12.9. The number of para-hydroxylation sites is 1. The Kier molecular flexibility index (Phi) is 5.23. The normalized spacial score (nSPS) is 11.1. The number of hydrogen-bond acceptors (Lipinski definition) is 4. The van der Waals surface area contributed by atoms with E-state index in [4.69, 9.17) is 9.29 Å². The van der Waals surface area contributed by atoms with Gasteiger partial charge in [-0.3, -0.25) is 0 Å². The fourth-order valence-electron chi connectivity index (χ4n) is 2.54. The highest BCUT2D eigenvalue weighted by atomic mass is 32.2. The number of carboxylic acids is 1. The molecule has 3 aromatic carbocycles. The van der Waals surface area contributed by atoms with Crippen molar-refractivity contribution in [2.45, 2.75) is 11.3 Å². The van der Waals surface area contributed by atoms with E-state index < -0.39 is 26.8 Å². The topological polar surface area (TPSA) is 80.7 Å². The van der Waals surface area contributed by atoms with Crippen molar-refractivity contribution in [3.63, 3.8) is 0 Å². The van der Waals surface area contributed by atoms with Crippen LogP contribution < -0.4 is 4.18 Å². The summed E-state index contributed by atoms with van der Waals surface area (Å²) in [6.07, 6.45) is 0.421. The minimum atomic E-state index is -4.55. The van der Waals surface area contributed by atoms with Gasteiger partial charge in [0.1, 0.15) is 16.5 Å². The van der Waals surface area contributed by atoms with Crippen LogP contribution in [0.5, 0.6) is 5.75 Å². The zero-order chi connectivity index (χ0) is 19.4. The van der Waals surface area contributed by atoms with Gasteiger partial charge in [0.2, 0.25) is 0 Å². The van der Waals surface area contributed by atoms with E-state index in [1.54, 1.807) is 18.2 Å². The maximum atomic E-state index is 14.0. The van der Waals surface area contributed by atoms with Gasteiger partial charge in [0, 0.05) is 12.0 Å². The second kappa shape index (κ2) is 7.59. The third kappa shape index (κ3) is 4.32. The highest BCUT2D eigenvalue weighted by Gasteiger charge is 2.24. The Balaban J connectivity index is 1.96. The molecule has 0 radical (unpaired) electrons. The number of rotatable bonds is 6. The van der Waals surface area contributed by atoms with Crippen LogP contribution in [0.2, 0.25) is 0 Å². The molecular weight excluding hydrogens is 371 g/mol. The first kappa shape index (κ1) is 18.6. The zero-order valence-corrected chi connectivity index (χ0v) is 14.8. The number of halogens is 1. The minimum Gasteiger partial charge on any atom is -0.478 e. The molecular formula is C20H15FO5S. The molecule has 5 nitrogen and oxygen atoms in total. The van der Waals surface area contributed by atoms with Crippen LogP contribution in [0.25, 0.3) is 0 Å². The SMILES string of the molecule is O=C(O)c1ccc(F)c(S(=O)(=O)Oc2ccccc2Cc2ccccc2)c1. The summed E-state index contributed by atoms with van der Waals surface area (Å²) in [7, 11) is -4.55. The fourth-order valence-corrected chi connectivity index (χ4v) is 3.60. The number of hydrogen-bond donors (Lipinski definition) is 1. The maximum absolute atomic E-state index is 14.0. The van der Waals surface area contributed by atoms with Crippen molar-refractivity contribution in [3.05, 3.63) is 95.3 Å². The van der Waals surface area contributed by atoms with Gasteiger partial charge in [0.05, 0.1) is 5.56 Å². The molecule has 138 valence electrons. The molecule has 0 saturated carbocycles. The van der Waals surface area contributed by atoms with Gasteiger partial charge in [0.15, 0.2) is 0 Å². The van der Waals surface area contributed by atoms with Gasteiger partial charge >= 0.3 is 16.1 Å². The summed E-state index contributed by atoms with van der Waals surface area (Å²) in [5, 5.41) is 9.01. The van der Waals surface area contributed by atoms with Gasteiger partial charge in [-0.25, -0.2) is 9.18 Å². The molecule has 3 aromatic rings. The summed E-state index contributed by atoms with van der Waals surface area (Å²) in [4.78, 5) is 10.2. The highest BCUT2D eigenvalue weighted by Crippen LogP contribution is 2.26. The summed E-state index contributed by atoms with van der Waals surface area (Å²) in [6, 6.07) is 18.4. The van der Waals surface area contributed by atoms with E-state index in [1.807, 2.05) is 30.3 Å². The molecule has 0 heterocycles. The molecule has 0 saturated heterocycles. The van der Waals surface area contributed by atoms with Gasteiger partial charge in [-0.15, -0.1) is 0 Å². The second-order valence-corrected chi connectivity index (χ2v) is 7.27. The molecule has 0 unspecified atom stereocenters. The van der Waals surface area contributed by atoms with Gasteiger partial charge in [-0.2, -0.15) is 8.42 Å². The molecule has 3 rings (SSSR count). The largest absolute Gasteiger partial charge is 0.478 e.